The highest BCUT2D eigenvalue weighted by molar-refractivity contribution is 5.76. The van der Waals surface area contributed by atoms with Gasteiger partial charge in [-0.3, -0.25) is 4.68 Å². The van der Waals surface area contributed by atoms with Gasteiger partial charge in [0.1, 0.15) is 18.1 Å². The number of halogens is 2. The average molecular weight is 498 g/mol. The molecule has 0 amide bonds. The van der Waals surface area contributed by atoms with E-state index in [-0.39, 0.29) is 29.7 Å². The molecule has 0 aliphatic heterocycles. The van der Waals surface area contributed by atoms with E-state index in [1.807, 2.05) is 24.7 Å². The molecule has 4 aromatic rings. The number of aromatic nitrogens is 7. The smallest absolute Gasteiger partial charge is 0.202 e. The summed E-state index contributed by atoms with van der Waals surface area (Å²) in [7, 11) is 0. The molecule has 10 nitrogen and oxygen atoms in total. The van der Waals surface area contributed by atoms with Gasteiger partial charge in [0.15, 0.2) is 17.4 Å². The Hall–Kier alpha value is -3.93. The first-order valence-corrected chi connectivity index (χ1v) is 11.9. The van der Waals surface area contributed by atoms with Crippen molar-refractivity contribution < 1.29 is 13.5 Å². The lowest BCUT2D eigenvalue weighted by atomic mass is 10.1. The average Bonchev–Trinajstić information content (AvgIpc) is 3.55. The van der Waals surface area contributed by atoms with Crippen LogP contribution in [0.1, 0.15) is 27.2 Å². The van der Waals surface area contributed by atoms with Crippen molar-refractivity contribution in [3.05, 3.63) is 48.4 Å². The van der Waals surface area contributed by atoms with Gasteiger partial charge >= 0.3 is 0 Å². The van der Waals surface area contributed by atoms with Crippen LogP contribution in [0.5, 0.6) is 5.75 Å². The molecule has 1 aromatic carbocycles. The Labute approximate surface area is 207 Å². The lowest BCUT2D eigenvalue weighted by molar-refractivity contribution is 0.215. The second-order valence-corrected chi connectivity index (χ2v) is 8.15. The fourth-order valence-corrected chi connectivity index (χ4v) is 3.81. The van der Waals surface area contributed by atoms with Gasteiger partial charge < -0.3 is 15.4 Å². The third-order valence-electron chi connectivity index (χ3n) is 5.86. The van der Waals surface area contributed by atoms with Crippen LogP contribution in [0.4, 0.5) is 14.6 Å². The van der Waals surface area contributed by atoms with Gasteiger partial charge in [-0.05, 0) is 48.1 Å². The van der Waals surface area contributed by atoms with Crippen molar-refractivity contribution in [3.8, 4) is 34.0 Å². The van der Waals surface area contributed by atoms with E-state index in [0.29, 0.717) is 12.1 Å². The Morgan fingerprint density at radius 3 is 2.61 bits per heavy atom. The molecular weight excluding hydrogens is 468 g/mol. The van der Waals surface area contributed by atoms with Crippen LogP contribution >= 0.6 is 0 Å². The molecule has 0 radical (unpaired) electrons. The summed E-state index contributed by atoms with van der Waals surface area (Å²) in [5.74, 6) is -2.15. The molecule has 0 aliphatic rings. The minimum atomic E-state index is -1.13. The number of anilines is 1. The van der Waals surface area contributed by atoms with Crippen molar-refractivity contribution in [1.82, 2.24) is 39.9 Å². The number of aryl methyl sites for hydroxylation is 1. The summed E-state index contributed by atoms with van der Waals surface area (Å²) < 4.78 is 38.4. The van der Waals surface area contributed by atoms with Crippen molar-refractivity contribution in [3.63, 3.8) is 0 Å². The highest BCUT2D eigenvalue weighted by Gasteiger charge is 2.22. The number of nitrogens with two attached hydrogens (primary N) is 1. The number of hydrogen-bond acceptors (Lipinski definition) is 8. The number of benzene rings is 1. The number of tetrazole rings is 1. The maximum absolute atomic E-state index is 15.1. The van der Waals surface area contributed by atoms with Crippen molar-refractivity contribution in [2.75, 3.05) is 32.0 Å². The fraction of sp³-hybridized carbons (Fsp3) is 0.375. The van der Waals surface area contributed by atoms with Gasteiger partial charge in [0.25, 0.3) is 0 Å². The van der Waals surface area contributed by atoms with Crippen LogP contribution in [0.3, 0.4) is 0 Å². The standard InChI is InChI=1S/C24H29F2N9O/c1-4-9-34-15-17(14-29-34)16-12-18(23(27)28-13-16)24-30-31-32-35(24)19-7-8-20(22(26)21(19)25)36-11-10-33(5-2)6-3/h7-8,12-15H,4-6,9-11H2,1-3H3,(H2,27,28). The zero-order valence-electron chi connectivity index (χ0n) is 20.5. The van der Waals surface area contributed by atoms with Crippen LogP contribution in [0, 0.1) is 11.6 Å². The van der Waals surface area contributed by atoms with E-state index in [0.717, 1.165) is 41.9 Å². The first-order chi connectivity index (χ1) is 17.5. The molecule has 3 heterocycles. The van der Waals surface area contributed by atoms with E-state index in [1.165, 1.54) is 12.1 Å². The van der Waals surface area contributed by atoms with Gasteiger partial charge in [-0.15, -0.1) is 5.10 Å². The van der Waals surface area contributed by atoms with Gasteiger partial charge in [0.05, 0.1) is 11.8 Å². The van der Waals surface area contributed by atoms with Crippen molar-refractivity contribution >= 4 is 5.82 Å². The molecule has 190 valence electrons. The number of rotatable bonds is 11. The molecule has 4 rings (SSSR count). The SMILES string of the molecule is CCCn1cc(-c2cnc(N)c(-c3nnnn3-c3ccc(OCCN(CC)CC)c(F)c3F)c2)cn1. The van der Waals surface area contributed by atoms with Crippen LogP contribution in [0.25, 0.3) is 28.2 Å². The Morgan fingerprint density at radius 1 is 1.06 bits per heavy atom. The summed E-state index contributed by atoms with van der Waals surface area (Å²) in [5.41, 5.74) is 7.89. The van der Waals surface area contributed by atoms with E-state index in [4.69, 9.17) is 10.5 Å². The van der Waals surface area contributed by atoms with E-state index in [2.05, 4.69) is 37.4 Å². The number of nitrogens with zero attached hydrogens (tertiary/aromatic N) is 8. The van der Waals surface area contributed by atoms with E-state index in [1.54, 1.807) is 18.5 Å². The highest BCUT2D eigenvalue weighted by atomic mass is 19.2. The number of nitrogen functional groups attached to an aromatic ring is 1. The van der Waals surface area contributed by atoms with Crippen LogP contribution in [-0.4, -0.2) is 66.1 Å². The summed E-state index contributed by atoms with van der Waals surface area (Å²) >= 11 is 0. The predicted molar refractivity (Wildman–Crippen MR) is 132 cm³/mol. The molecule has 3 aromatic heterocycles. The number of hydrogen-bond donors (Lipinski definition) is 1. The monoisotopic (exact) mass is 497 g/mol. The highest BCUT2D eigenvalue weighted by Crippen LogP contribution is 2.31. The predicted octanol–water partition coefficient (Wildman–Crippen LogP) is 3.58. The first-order valence-electron chi connectivity index (χ1n) is 11.9. The lowest BCUT2D eigenvalue weighted by Crippen LogP contribution is -2.28. The largest absolute Gasteiger partial charge is 0.489 e. The van der Waals surface area contributed by atoms with Gasteiger partial charge in [0, 0.05) is 36.6 Å². The molecule has 0 saturated carbocycles. The summed E-state index contributed by atoms with van der Waals surface area (Å²) in [4.78, 5) is 6.38. The van der Waals surface area contributed by atoms with Gasteiger partial charge in [-0.1, -0.05) is 20.8 Å². The van der Waals surface area contributed by atoms with Crippen molar-refractivity contribution in [1.29, 1.82) is 0 Å². The number of ether oxygens (including phenoxy) is 1. The Bertz CT molecular complexity index is 1320. The minimum Gasteiger partial charge on any atom is -0.489 e. The van der Waals surface area contributed by atoms with E-state index >= 15 is 4.39 Å². The number of pyridine rings is 1. The molecule has 0 bridgehead atoms. The second-order valence-electron chi connectivity index (χ2n) is 8.15. The van der Waals surface area contributed by atoms with E-state index in [9.17, 15) is 4.39 Å². The summed E-state index contributed by atoms with van der Waals surface area (Å²) in [5, 5.41) is 15.9. The molecule has 12 heteroatoms. The molecule has 0 atom stereocenters. The molecule has 2 N–H and O–H groups in total. The number of likely N-dealkylation sites (N-methyl/N-ethyl adjacent to an activating group) is 1. The molecule has 0 spiro atoms. The van der Waals surface area contributed by atoms with Crippen LogP contribution in [0.15, 0.2) is 36.8 Å². The van der Waals surface area contributed by atoms with Crippen molar-refractivity contribution in [2.45, 2.75) is 33.7 Å². The third kappa shape index (κ3) is 5.18. The quantitative estimate of drug-likeness (QED) is 0.335. The van der Waals surface area contributed by atoms with Crippen LogP contribution in [0.2, 0.25) is 0 Å². The topological polar surface area (TPSA) is 113 Å². The maximum Gasteiger partial charge on any atom is 0.202 e. The van der Waals surface area contributed by atoms with Gasteiger partial charge in [-0.2, -0.15) is 14.2 Å². The summed E-state index contributed by atoms with van der Waals surface area (Å²) in [6.45, 7) is 9.43. The summed E-state index contributed by atoms with van der Waals surface area (Å²) in [6, 6.07) is 4.48. The van der Waals surface area contributed by atoms with Crippen LogP contribution in [-0.2, 0) is 6.54 Å². The Balaban J connectivity index is 1.63. The molecule has 36 heavy (non-hydrogen) atoms. The van der Waals surface area contributed by atoms with Crippen LogP contribution < -0.4 is 10.5 Å². The Morgan fingerprint density at radius 2 is 1.86 bits per heavy atom. The zero-order valence-corrected chi connectivity index (χ0v) is 20.5. The first kappa shape index (κ1) is 25.2. The van der Waals surface area contributed by atoms with Gasteiger partial charge in [0.2, 0.25) is 5.82 Å². The van der Waals surface area contributed by atoms with Gasteiger partial charge in [-0.25, -0.2) is 9.37 Å². The summed E-state index contributed by atoms with van der Waals surface area (Å²) in [6.07, 6.45) is 6.19. The zero-order chi connectivity index (χ0) is 25.7. The maximum atomic E-state index is 15.1. The Kier molecular flexibility index (Phi) is 7.84. The molecule has 0 saturated heterocycles. The molecular formula is C24H29F2N9O. The third-order valence-corrected chi connectivity index (χ3v) is 5.86. The molecule has 0 unspecified atom stereocenters. The normalized spacial score (nSPS) is 11.4. The lowest BCUT2D eigenvalue weighted by Gasteiger charge is -2.18. The molecule has 0 fully saturated rings. The van der Waals surface area contributed by atoms with Crippen molar-refractivity contribution in [2.24, 2.45) is 0 Å². The minimum absolute atomic E-state index is 0.122. The molecule has 0 aliphatic carbocycles. The fourth-order valence-electron chi connectivity index (χ4n) is 3.81. The van der Waals surface area contributed by atoms with E-state index < -0.39 is 11.6 Å². The second kappa shape index (κ2) is 11.2.